The van der Waals surface area contributed by atoms with E-state index < -0.39 is 0 Å². The largest absolute Gasteiger partial charge is 0.309 e. The van der Waals surface area contributed by atoms with Gasteiger partial charge in [0.15, 0.2) is 0 Å². The second-order valence-corrected chi connectivity index (χ2v) is 12.4. The molecule has 0 radical (unpaired) electrons. The van der Waals surface area contributed by atoms with Crippen LogP contribution in [0, 0.1) is 0 Å². The summed E-state index contributed by atoms with van der Waals surface area (Å²) in [5, 5.41) is 12.3. The highest BCUT2D eigenvalue weighted by atomic mass is 15.0. The monoisotopic (exact) mass is 596 g/mol. The van der Waals surface area contributed by atoms with Crippen LogP contribution in [-0.4, -0.2) is 9.55 Å². The molecule has 0 aliphatic rings. The van der Waals surface area contributed by atoms with Crippen molar-refractivity contribution in [1.82, 2.24) is 9.55 Å². The van der Waals surface area contributed by atoms with Crippen LogP contribution in [0.15, 0.2) is 170 Å². The maximum absolute atomic E-state index is 4.49. The zero-order valence-electron chi connectivity index (χ0n) is 25.6. The molecule has 0 aliphatic carbocycles. The molecule has 0 bridgehead atoms. The van der Waals surface area contributed by atoms with Crippen LogP contribution in [0.4, 0.5) is 0 Å². The average Bonchev–Trinajstić information content (AvgIpc) is 3.47. The Morgan fingerprint density at radius 2 is 0.894 bits per heavy atom. The third-order valence-electron chi connectivity index (χ3n) is 9.82. The van der Waals surface area contributed by atoms with Crippen molar-refractivity contribution in [2.24, 2.45) is 0 Å². The highest BCUT2D eigenvalue weighted by Gasteiger charge is 2.19. The quantitative estimate of drug-likeness (QED) is 0.186. The van der Waals surface area contributed by atoms with E-state index in [1.54, 1.807) is 0 Å². The van der Waals surface area contributed by atoms with Gasteiger partial charge in [-0.1, -0.05) is 121 Å². The van der Waals surface area contributed by atoms with E-state index in [2.05, 4.69) is 167 Å². The van der Waals surface area contributed by atoms with Crippen molar-refractivity contribution < 1.29 is 0 Å². The average molecular weight is 597 g/mol. The lowest BCUT2D eigenvalue weighted by Crippen LogP contribution is -1.96. The zero-order valence-corrected chi connectivity index (χ0v) is 25.6. The number of fused-ring (bicyclic) bond motifs is 7. The molecule has 2 nitrogen and oxygen atoms in total. The molecule has 0 aliphatic heterocycles. The van der Waals surface area contributed by atoms with Crippen LogP contribution in [0.3, 0.4) is 0 Å². The molecule has 0 unspecified atom stereocenters. The first kappa shape index (κ1) is 26.0. The lowest BCUT2D eigenvalue weighted by atomic mass is 9.85. The zero-order chi connectivity index (χ0) is 30.9. The van der Waals surface area contributed by atoms with Gasteiger partial charge < -0.3 is 4.57 Å². The fraction of sp³-hybridized carbons (Fsp3) is 0. The number of hydrogen-bond donors (Lipinski definition) is 0. The molecular weight excluding hydrogens is 569 g/mol. The molecule has 10 rings (SSSR count). The summed E-state index contributed by atoms with van der Waals surface area (Å²) in [5.41, 5.74) is 8.45. The Morgan fingerprint density at radius 1 is 0.362 bits per heavy atom. The van der Waals surface area contributed by atoms with Crippen LogP contribution in [-0.2, 0) is 0 Å². The van der Waals surface area contributed by atoms with Gasteiger partial charge in [-0.05, 0) is 102 Å². The third-order valence-corrected chi connectivity index (χ3v) is 9.82. The molecular formula is C45H28N2. The minimum absolute atomic E-state index is 1.14. The molecule has 0 atom stereocenters. The second kappa shape index (κ2) is 10.1. The molecule has 2 heteroatoms. The van der Waals surface area contributed by atoms with Crippen molar-refractivity contribution >= 4 is 64.9 Å². The standard InChI is InChI=1S/C45H28N2/c1-3-11-31-25-33(19-17-29(31)9-1)44-37-14-5-6-15-38(37)45(34-20-18-30-10-2-4-12-32(30)26-34)40-27-35(21-22-39(40)44)47-42-16-8-7-13-36(42)41-28-46-24-23-43(41)47/h1-28H. The molecule has 2 heterocycles. The number of para-hydroxylation sites is 1. The minimum atomic E-state index is 1.14. The fourth-order valence-electron chi connectivity index (χ4n) is 7.71. The number of hydrogen-bond acceptors (Lipinski definition) is 1. The van der Waals surface area contributed by atoms with Gasteiger partial charge in [0.1, 0.15) is 0 Å². The van der Waals surface area contributed by atoms with E-state index in [-0.39, 0.29) is 0 Å². The van der Waals surface area contributed by atoms with Gasteiger partial charge >= 0.3 is 0 Å². The first-order valence-electron chi connectivity index (χ1n) is 16.1. The Kier molecular flexibility index (Phi) is 5.61. The van der Waals surface area contributed by atoms with Gasteiger partial charge in [-0.15, -0.1) is 0 Å². The summed E-state index contributed by atoms with van der Waals surface area (Å²) in [7, 11) is 0. The van der Waals surface area contributed by atoms with Gasteiger partial charge in [0.2, 0.25) is 0 Å². The summed E-state index contributed by atoms with van der Waals surface area (Å²) in [5.74, 6) is 0. The van der Waals surface area contributed by atoms with E-state index in [1.165, 1.54) is 76.2 Å². The second-order valence-electron chi connectivity index (χ2n) is 12.4. The molecule has 0 spiro atoms. The SMILES string of the molecule is c1ccc2cc(-c3c4ccccc4c(-c4ccc5ccccc5c4)c4cc(-n5c6ccccc6c6cnccc65)ccc34)ccc2c1. The lowest BCUT2D eigenvalue weighted by Gasteiger charge is -2.20. The van der Waals surface area contributed by atoms with Gasteiger partial charge in [-0.25, -0.2) is 0 Å². The summed E-state index contributed by atoms with van der Waals surface area (Å²) in [6.07, 6.45) is 3.88. The molecule has 47 heavy (non-hydrogen) atoms. The molecule has 218 valence electrons. The molecule has 2 aromatic heterocycles. The molecule has 0 N–H and O–H groups in total. The summed E-state index contributed by atoms with van der Waals surface area (Å²) < 4.78 is 2.39. The maximum atomic E-state index is 4.49. The van der Waals surface area contributed by atoms with Gasteiger partial charge in [-0.2, -0.15) is 0 Å². The van der Waals surface area contributed by atoms with Crippen molar-refractivity contribution in [2.75, 3.05) is 0 Å². The summed E-state index contributed by atoms with van der Waals surface area (Å²) in [4.78, 5) is 4.49. The van der Waals surface area contributed by atoms with Gasteiger partial charge in [0.05, 0.1) is 11.0 Å². The molecule has 10 aromatic rings. The van der Waals surface area contributed by atoms with Crippen molar-refractivity contribution in [3.8, 4) is 27.9 Å². The normalized spacial score (nSPS) is 11.8. The first-order chi connectivity index (χ1) is 23.3. The topological polar surface area (TPSA) is 17.8 Å². The maximum Gasteiger partial charge on any atom is 0.0571 e. The van der Waals surface area contributed by atoms with Crippen molar-refractivity contribution in [2.45, 2.75) is 0 Å². The van der Waals surface area contributed by atoms with Crippen LogP contribution < -0.4 is 0 Å². The fourth-order valence-corrected chi connectivity index (χ4v) is 7.71. The van der Waals surface area contributed by atoms with Crippen LogP contribution in [0.5, 0.6) is 0 Å². The Balaban J connectivity index is 1.36. The first-order valence-corrected chi connectivity index (χ1v) is 16.1. The molecule has 0 saturated carbocycles. The Morgan fingerprint density at radius 3 is 1.57 bits per heavy atom. The van der Waals surface area contributed by atoms with E-state index in [0.717, 1.165) is 16.6 Å². The Labute approximate surface area is 271 Å². The number of nitrogens with zero attached hydrogens (tertiary/aromatic N) is 2. The highest BCUT2D eigenvalue weighted by Crippen LogP contribution is 2.45. The van der Waals surface area contributed by atoms with E-state index in [0.29, 0.717) is 0 Å². The molecule has 8 aromatic carbocycles. The van der Waals surface area contributed by atoms with Crippen molar-refractivity contribution in [1.29, 1.82) is 0 Å². The summed E-state index contributed by atoms with van der Waals surface area (Å²) in [6.45, 7) is 0. The van der Waals surface area contributed by atoms with Crippen molar-refractivity contribution in [3.05, 3.63) is 170 Å². The summed E-state index contributed by atoms with van der Waals surface area (Å²) >= 11 is 0. The van der Waals surface area contributed by atoms with E-state index in [9.17, 15) is 0 Å². The highest BCUT2D eigenvalue weighted by molar-refractivity contribution is 6.22. The van der Waals surface area contributed by atoms with Gasteiger partial charge in [0, 0.05) is 28.9 Å². The number of pyridine rings is 1. The molecule has 0 fully saturated rings. The minimum Gasteiger partial charge on any atom is -0.309 e. The number of rotatable bonds is 3. The predicted molar refractivity (Wildman–Crippen MR) is 199 cm³/mol. The van der Waals surface area contributed by atoms with Crippen LogP contribution >= 0.6 is 0 Å². The van der Waals surface area contributed by atoms with Gasteiger partial charge in [-0.3, -0.25) is 4.98 Å². The Hall–Kier alpha value is -6.25. The third kappa shape index (κ3) is 3.95. The Bertz CT molecular complexity index is 2800. The molecule has 0 amide bonds. The van der Waals surface area contributed by atoms with E-state index >= 15 is 0 Å². The number of benzene rings is 8. The summed E-state index contributed by atoms with van der Waals surface area (Å²) in [6, 6.07) is 57.8. The van der Waals surface area contributed by atoms with Gasteiger partial charge in [0.25, 0.3) is 0 Å². The predicted octanol–water partition coefficient (Wildman–Crippen LogP) is 12.1. The van der Waals surface area contributed by atoms with Crippen LogP contribution in [0.2, 0.25) is 0 Å². The van der Waals surface area contributed by atoms with Crippen molar-refractivity contribution in [3.63, 3.8) is 0 Å². The van der Waals surface area contributed by atoms with E-state index in [1.807, 2.05) is 12.4 Å². The van der Waals surface area contributed by atoms with Crippen LogP contribution in [0.1, 0.15) is 0 Å². The lowest BCUT2D eigenvalue weighted by molar-refractivity contribution is 1.18. The van der Waals surface area contributed by atoms with Crippen LogP contribution in [0.25, 0.3) is 92.8 Å². The molecule has 0 saturated heterocycles. The van der Waals surface area contributed by atoms with E-state index in [4.69, 9.17) is 0 Å². The smallest absolute Gasteiger partial charge is 0.0571 e. The number of aromatic nitrogens is 2.